The lowest BCUT2D eigenvalue weighted by molar-refractivity contribution is -0.184. The average molecular weight is 569 g/mol. The minimum absolute atomic E-state index is 0.00988. The molecule has 0 radical (unpaired) electrons. The minimum atomic E-state index is -4.36. The summed E-state index contributed by atoms with van der Waals surface area (Å²) in [5, 5.41) is 1.09. The van der Waals surface area contributed by atoms with E-state index in [-0.39, 0.29) is 23.0 Å². The Morgan fingerprint density at radius 1 is 0.900 bits per heavy atom. The summed E-state index contributed by atoms with van der Waals surface area (Å²) >= 11 is 0. The van der Waals surface area contributed by atoms with Gasteiger partial charge in [-0.25, -0.2) is 0 Å². The SMILES string of the molecule is O=C(OC1C2CC3(C(=O)Oc4ccc5cc(S(=O)(=O)O)ccc5c4)C(=O)OC1C3O2)C12CC3CC(CC(C3)C1)C2. The molecule has 210 valence electrons. The predicted octanol–water partition coefficient (Wildman–Crippen LogP) is 3.20. The van der Waals surface area contributed by atoms with E-state index in [1.807, 2.05) is 0 Å². The summed E-state index contributed by atoms with van der Waals surface area (Å²) in [6.07, 6.45) is 3.09. The number of esters is 3. The molecule has 5 unspecified atom stereocenters. The van der Waals surface area contributed by atoms with Crippen molar-refractivity contribution in [1.29, 1.82) is 0 Å². The summed E-state index contributed by atoms with van der Waals surface area (Å²) in [5.74, 6) is 0.173. The minimum Gasteiger partial charge on any atom is -0.455 e. The van der Waals surface area contributed by atoms with E-state index in [1.165, 1.54) is 43.5 Å². The highest BCUT2D eigenvalue weighted by Crippen LogP contribution is 2.61. The fraction of sp³-hybridized carbons (Fsp3) is 0.552. The van der Waals surface area contributed by atoms with E-state index in [9.17, 15) is 27.4 Å². The van der Waals surface area contributed by atoms with Gasteiger partial charge in [-0.05, 0) is 91.3 Å². The molecule has 11 heteroatoms. The van der Waals surface area contributed by atoms with Crippen LogP contribution in [0.3, 0.4) is 0 Å². The topological polar surface area (TPSA) is 142 Å². The van der Waals surface area contributed by atoms with Gasteiger partial charge < -0.3 is 18.9 Å². The van der Waals surface area contributed by atoms with Gasteiger partial charge in [0.2, 0.25) is 0 Å². The number of fused-ring (bicyclic) bond motifs is 2. The zero-order chi connectivity index (χ0) is 27.6. The largest absolute Gasteiger partial charge is 0.455 e. The molecule has 4 saturated carbocycles. The van der Waals surface area contributed by atoms with Crippen LogP contribution in [0.2, 0.25) is 0 Å². The molecule has 6 bridgehead atoms. The molecule has 3 aliphatic heterocycles. The summed E-state index contributed by atoms with van der Waals surface area (Å²) in [4.78, 5) is 39.9. The van der Waals surface area contributed by atoms with Crippen molar-refractivity contribution in [3.05, 3.63) is 36.4 Å². The third-order valence-electron chi connectivity index (χ3n) is 10.3. The Morgan fingerprint density at radius 3 is 2.23 bits per heavy atom. The first-order chi connectivity index (χ1) is 19.0. The zero-order valence-electron chi connectivity index (χ0n) is 21.5. The molecule has 5 atom stereocenters. The third-order valence-corrected chi connectivity index (χ3v) is 11.1. The van der Waals surface area contributed by atoms with Crippen LogP contribution in [0.1, 0.15) is 44.9 Å². The first kappa shape index (κ1) is 24.8. The molecule has 40 heavy (non-hydrogen) atoms. The Labute approximate surface area is 230 Å². The Balaban J connectivity index is 0.997. The molecule has 7 aliphatic rings. The molecule has 9 rings (SSSR count). The lowest BCUT2D eigenvalue weighted by Gasteiger charge is -2.55. The maximum absolute atomic E-state index is 13.6. The fourth-order valence-corrected chi connectivity index (χ4v) is 9.45. The van der Waals surface area contributed by atoms with Gasteiger partial charge in [0.1, 0.15) is 18.0 Å². The highest BCUT2D eigenvalue weighted by molar-refractivity contribution is 7.85. The molecular weight excluding hydrogens is 540 g/mol. The van der Waals surface area contributed by atoms with Crippen LogP contribution in [0, 0.1) is 28.6 Å². The Bertz CT molecular complexity index is 1560. The quantitative estimate of drug-likeness (QED) is 0.247. The van der Waals surface area contributed by atoms with Gasteiger partial charge in [0.05, 0.1) is 10.3 Å². The van der Waals surface area contributed by atoms with Gasteiger partial charge in [0.15, 0.2) is 17.6 Å². The second kappa shape index (κ2) is 8.04. The van der Waals surface area contributed by atoms with Gasteiger partial charge in [-0.3, -0.25) is 18.9 Å². The number of benzene rings is 2. The molecule has 1 N–H and O–H groups in total. The van der Waals surface area contributed by atoms with Crippen molar-refractivity contribution in [3.63, 3.8) is 0 Å². The smallest absolute Gasteiger partial charge is 0.331 e. The molecule has 10 nitrogen and oxygen atoms in total. The second-order valence-electron chi connectivity index (χ2n) is 12.7. The second-order valence-corrected chi connectivity index (χ2v) is 14.2. The Hall–Kier alpha value is -3.02. The summed E-state index contributed by atoms with van der Waals surface area (Å²) < 4.78 is 55.5. The van der Waals surface area contributed by atoms with E-state index < -0.39 is 57.3 Å². The lowest BCUT2D eigenvalue weighted by Crippen LogP contribution is -2.54. The summed E-state index contributed by atoms with van der Waals surface area (Å²) in [5.41, 5.74) is -2.09. The van der Waals surface area contributed by atoms with E-state index in [1.54, 1.807) is 12.1 Å². The zero-order valence-corrected chi connectivity index (χ0v) is 22.3. The van der Waals surface area contributed by atoms with Crippen LogP contribution in [0.25, 0.3) is 10.8 Å². The number of ether oxygens (including phenoxy) is 4. The maximum Gasteiger partial charge on any atom is 0.331 e. The first-order valence-corrected chi connectivity index (χ1v) is 15.3. The van der Waals surface area contributed by atoms with E-state index in [4.69, 9.17) is 18.9 Å². The van der Waals surface area contributed by atoms with E-state index in [0.717, 1.165) is 19.3 Å². The van der Waals surface area contributed by atoms with Gasteiger partial charge in [0.25, 0.3) is 10.1 Å². The number of hydrogen-bond acceptors (Lipinski definition) is 9. The lowest BCUT2D eigenvalue weighted by atomic mass is 9.49. The van der Waals surface area contributed by atoms with Crippen molar-refractivity contribution in [2.45, 2.75) is 74.3 Å². The van der Waals surface area contributed by atoms with Crippen LogP contribution < -0.4 is 4.74 Å². The van der Waals surface area contributed by atoms with Crippen molar-refractivity contribution in [1.82, 2.24) is 0 Å². The van der Waals surface area contributed by atoms with Gasteiger partial charge in [-0.1, -0.05) is 12.1 Å². The third kappa shape index (κ3) is 3.40. The van der Waals surface area contributed by atoms with Crippen LogP contribution in [0.4, 0.5) is 0 Å². The van der Waals surface area contributed by atoms with E-state index >= 15 is 0 Å². The molecular formula is C29H28O10S. The molecule has 0 aromatic heterocycles. The van der Waals surface area contributed by atoms with Crippen LogP contribution in [-0.4, -0.2) is 55.3 Å². The highest BCUT2D eigenvalue weighted by Gasteiger charge is 2.77. The molecule has 0 amide bonds. The van der Waals surface area contributed by atoms with Crippen LogP contribution in [0.15, 0.2) is 41.3 Å². The van der Waals surface area contributed by atoms with Crippen molar-refractivity contribution >= 4 is 38.8 Å². The summed E-state index contributed by atoms with van der Waals surface area (Å²) in [6, 6.07) is 8.61. The van der Waals surface area contributed by atoms with Gasteiger partial charge in [-0.2, -0.15) is 8.42 Å². The molecule has 3 heterocycles. The Kier molecular flexibility index (Phi) is 4.98. The van der Waals surface area contributed by atoms with Crippen molar-refractivity contribution < 1.29 is 46.3 Å². The fourth-order valence-electron chi connectivity index (χ4n) is 8.94. The monoisotopic (exact) mass is 568 g/mol. The molecule has 2 aromatic rings. The normalized spacial score (nSPS) is 40.4. The van der Waals surface area contributed by atoms with E-state index in [0.29, 0.717) is 28.5 Å². The van der Waals surface area contributed by atoms with E-state index in [2.05, 4.69) is 0 Å². The summed E-state index contributed by atoms with van der Waals surface area (Å²) in [7, 11) is -4.36. The van der Waals surface area contributed by atoms with Crippen LogP contribution in [-0.2, 0) is 38.7 Å². The van der Waals surface area contributed by atoms with Crippen molar-refractivity contribution in [2.75, 3.05) is 0 Å². The molecule has 0 spiro atoms. The molecule has 7 fully saturated rings. The molecule has 2 aromatic carbocycles. The predicted molar refractivity (Wildman–Crippen MR) is 135 cm³/mol. The van der Waals surface area contributed by atoms with Crippen molar-refractivity contribution in [2.24, 2.45) is 28.6 Å². The molecule has 4 aliphatic carbocycles. The first-order valence-electron chi connectivity index (χ1n) is 13.9. The van der Waals surface area contributed by atoms with Gasteiger partial charge in [-0.15, -0.1) is 0 Å². The van der Waals surface area contributed by atoms with Crippen LogP contribution >= 0.6 is 0 Å². The number of hydrogen-bond donors (Lipinski definition) is 1. The maximum atomic E-state index is 13.6. The number of rotatable bonds is 5. The van der Waals surface area contributed by atoms with Crippen molar-refractivity contribution in [3.8, 4) is 5.75 Å². The number of carbonyl (C=O) groups excluding carboxylic acids is 3. The Morgan fingerprint density at radius 2 is 1.55 bits per heavy atom. The standard InChI is InChI=1S/C29H28O10S/c30-25(28-10-14-5-15(11-28)7-16(6-14)12-28)38-22-21-13-29(24(37-21)23(22)39-27(29)32)26(31)36-19-3-1-18-9-20(40(33,34)35)4-2-17(18)8-19/h1-4,8-9,14-16,21-24H,5-7,10-13H2,(H,33,34,35). The summed E-state index contributed by atoms with van der Waals surface area (Å²) in [6.45, 7) is 0. The van der Waals surface area contributed by atoms with Gasteiger partial charge >= 0.3 is 17.9 Å². The van der Waals surface area contributed by atoms with Crippen LogP contribution in [0.5, 0.6) is 5.75 Å². The number of carbonyl (C=O) groups is 3. The van der Waals surface area contributed by atoms with Gasteiger partial charge in [0, 0.05) is 6.42 Å². The average Bonchev–Trinajstić information content (AvgIpc) is 3.50. The highest BCUT2D eigenvalue weighted by atomic mass is 32.2. The molecule has 3 saturated heterocycles.